The molecule has 1 aliphatic rings. The van der Waals surface area contributed by atoms with Crippen LogP contribution in [-0.4, -0.2) is 9.97 Å². The van der Waals surface area contributed by atoms with Gasteiger partial charge in [0.1, 0.15) is 0 Å². The van der Waals surface area contributed by atoms with Crippen molar-refractivity contribution < 1.29 is 0 Å². The van der Waals surface area contributed by atoms with Crippen LogP contribution in [0, 0.1) is 0 Å². The van der Waals surface area contributed by atoms with Gasteiger partial charge in [0.2, 0.25) is 0 Å². The minimum Gasteiger partial charge on any atom is -0.254 e. The molecule has 1 aliphatic carbocycles. The highest BCUT2D eigenvalue weighted by Crippen LogP contribution is 2.39. The number of halogens is 2. The largest absolute Gasteiger partial charge is 0.254 e. The number of pyridine rings is 2. The summed E-state index contributed by atoms with van der Waals surface area (Å²) in [4.78, 5) is 8.79. The summed E-state index contributed by atoms with van der Waals surface area (Å²) in [5.41, 5.74) is 4.48. The fraction of sp³-hybridized carbons (Fsp3) is 0.0909. The molecule has 15 heavy (non-hydrogen) atoms. The zero-order valence-corrected chi connectivity index (χ0v) is 10.8. The van der Waals surface area contributed by atoms with Gasteiger partial charge >= 0.3 is 0 Å². The van der Waals surface area contributed by atoms with E-state index in [9.17, 15) is 0 Å². The molecule has 0 amide bonds. The van der Waals surface area contributed by atoms with Gasteiger partial charge in [-0.3, -0.25) is 9.97 Å². The van der Waals surface area contributed by atoms with Crippen LogP contribution in [0.15, 0.2) is 33.5 Å². The van der Waals surface area contributed by atoms with Crippen molar-refractivity contribution in [1.29, 1.82) is 0 Å². The minimum atomic E-state index is 0.908. The smallest absolute Gasteiger partial charge is 0.0936 e. The molecule has 0 aromatic carbocycles. The summed E-state index contributed by atoms with van der Waals surface area (Å²) in [6, 6.07) is 4.07. The molecular formula is C11H6Br2N2. The topological polar surface area (TPSA) is 25.8 Å². The summed E-state index contributed by atoms with van der Waals surface area (Å²) in [6.45, 7) is 0. The van der Waals surface area contributed by atoms with Crippen molar-refractivity contribution in [3.8, 4) is 11.4 Å². The molecule has 2 aromatic heterocycles. The minimum absolute atomic E-state index is 0.908. The van der Waals surface area contributed by atoms with E-state index >= 15 is 0 Å². The summed E-state index contributed by atoms with van der Waals surface area (Å²) in [7, 11) is 0. The van der Waals surface area contributed by atoms with Crippen LogP contribution in [0.5, 0.6) is 0 Å². The summed E-state index contributed by atoms with van der Waals surface area (Å²) < 4.78 is 2.08. The Hall–Kier alpha value is -0.740. The molecule has 0 fully saturated rings. The molecule has 0 radical (unpaired) electrons. The van der Waals surface area contributed by atoms with E-state index in [4.69, 9.17) is 0 Å². The van der Waals surface area contributed by atoms with Crippen molar-refractivity contribution in [3.05, 3.63) is 44.6 Å². The van der Waals surface area contributed by atoms with Crippen LogP contribution in [0.25, 0.3) is 11.4 Å². The van der Waals surface area contributed by atoms with Crippen LogP contribution in [-0.2, 0) is 6.42 Å². The highest BCUT2D eigenvalue weighted by Gasteiger charge is 2.23. The molecule has 0 saturated carbocycles. The number of hydrogen-bond acceptors (Lipinski definition) is 2. The van der Waals surface area contributed by atoms with Crippen molar-refractivity contribution in [2.75, 3.05) is 0 Å². The van der Waals surface area contributed by atoms with Crippen molar-refractivity contribution in [2.24, 2.45) is 0 Å². The first-order valence-corrected chi connectivity index (χ1v) is 6.13. The Morgan fingerprint density at radius 3 is 2.87 bits per heavy atom. The quantitative estimate of drug-likeness (QED) is 0.631. The van der Waals surface area contributed by atoms with Crippen LogP contribution in [0.3, 0.4) is 0 Å². The highest BCUT2D eigenvalue weighted by molar-refractivity contribution is 9.13. The van der Waals surface area contributed by atoms with Gasteiger partial charge in [0.25, 0.3) is 0 Å². The summed E-state index contributed by atoms with van der Waals surface area (Å²) in [6.07, 6.45) is 4.53. The van der Waals surface area contributed by atoms with Gasteiger partial charge in [-0.05, 0) is 49.1 Å². The Morgan fingerprint density at radius 2 is 2.00 bits per heavy atom. The van der Waals surface area contributed by atoms with Gasteiger partial charge in [0.15, 0.2) is 0 Å². The van der Waals surface area contributed by atoms with E-state index in [0.717, 1.165) is 26.8 Å². The van der Waals surface area contributed by atoms with Crippen molar-refractivity contribution in [2.45, 2.75) is 6.42 Å². The van der Waals surface area contributed by atoms with Gasteiger partial charge < -0.3 is 0 Å². The fourth-order valence-electron chi connectivity index (χ4n) is 1.85. The van der Waals surface area contributed by atoms with Crippen LogP contribution < -0.4 is 0 Å². The maximum Gasteiger partial charge on any atom is 0.0936 e. The number of hydrogen-bond donors (Lipinski definition) is 0. The van der Waals surface area contributed by atoms with Crippen molar-refractivity contribution in [1.82, 2.24) is 9.97 Å². The van der Waals surface area contributed by atoms with Crippen LogP contribution in [0.1, 0.15) is 11.1 Å². The van der Waals surface area contributed by atoms with Gasteiger partial charge in [0.05, 0.1) is 15.9 Å². The molecule has 0 atom stereocenters. The Labute approximate surface area is 104 Å². The average molecular weight is 326 g/mol. The Morgan fingerprint density at radius 1 is 1.13 bits per heavy atom. The molecule has 0 unspecified atom stereocenters. The predicted octanol–water partition coefficient (Wildman–Crippen LogP) is 3.57. The van der Waals surface area contributed by atoms with Gasteiger partial charge in [-0.1, -0.05) is 6.07 Å². The molecule has 2 aromatic rings. The van der Waals surface area contributed by atoms with Crippen LogP contribution in [0.2, 0.25) is 0 Å². The first-order valence-electron chi connectivity index (χ1n) is 4.54. The van der Waals surface area contributed by atoms with Gasteiger partial charge in [-0.25, -0.2) is 0 Å². The maximum atomic E-state index is 4.42. The molecule has 74 valence electrons. The Bertz CT molecular complexity index is 552. The van der Waals surface area contributed by atoms with E-state index in [1.54, 1.807) is 0 Å². The second-order valence-electron chi connectivity index (χ2n) is 3.44. The fourth-order valence-corrected chi connectivity index (χ4v) is 2.63. The predicted molar refractivity (Wildman–Crippen MR) is 65.7 cm³/mol. The third kappa shape index (κ3) is 1.35. The lowest BCUT2D eigenvalue weighted by molar-refractivity contribution is 1.20. The van der Waals surface area contributed by atoms with Crippen molar-refractivity contribution >= 4 is 31.9 Å². The monoisotopic (exact) mass is 324 g/mol. The normalized spacial score (nSPS) is 12.4. The third-order valence-corrected chi connectivity index (χ3v) is 4.59. The van der Waals surface area contributed by atoms with Crippen LogP contribution in [0.4, 0.5) is 0 Å². The molecule has 0 spiro atoms. The van der Waals surface area contributed by atoms with Gasteiger partial charge in [-0.2, -0.15) is 0 Å². The molecule has 2 nitrogen and oxygen atoms in total. The molecule has 0 N–H and O–H groups in total. The zero-order valence-electron chi connectivity index (χ0n) is 7.67. The van der Waals surface area contributed by atoms with E-state index in [0.29, 0.717) is 0 Å². The Balaban J connectivity index is 2.31. The van der Waals surface area contributed by atoms with Gasteiger partial charge in [-0.15, -0.1) is 0 Å². The SMILES string of the molecule is Brc1cnc2c(c1Br)Cc1cccnc1-2. The molecule has 0 bridgehead atoms. The third-order valence-electron chi connectivity index (χ3n) is 2.55. The lowest BCUT2D eigenvalue weighted by atomic mass is 10.2. The zero-order chi connectivity index (χ0) is 10.4. The standard InChI is InChI=1S/C11H6Br2N2/c12-8-5-15-11-7(9(8)13)4-6-2-1-3-14-10(6)11/h1-3,5H,4H2. The maximum absolute atomic E-state index is 4.42. The lowest BCUT2D eigenvalue weighted by Gasteiger charge is -2.02. The molecule has 3 rings (SSSR count). The molecule has 4 heteroatoms. The van der Waals surface area contributed by atoms with Crippen molar-refractivity contribution in [3.63, 3.8) is 0 Å². The number of aromatic nitrogens is 2. The summed E-state index contributed by atoms with van der Waals surface area (Å²) in [5, 5.41) is 0. The van der Waals surface area contributed by atoms with Gasteiger partial charge in [0, 0.05) is 23.3 Å². The first-order chi connectivity index (χ1) is 7.27. The van der Waals surface area contributed by atoms with E-state index < -0.39 is 0 Å². The van der Waals surface area contributed by atoms with E-state index in [2.05, 4.69) is 47.9 Å². The van der Waals surface area contributed by atoms with E-state index in [-0.39, 0.29) is 0 Å². The number of nitrogens with zero attached hydrogens (tertiary/aromatic N) is 2. The molecule has 0 saturated heterocycles. The van der Waals surface area contributed by atoms with E-state index in [1.807, 2.05) is 18.5 Å². The van der Waals surface area contributed by atoms with E-state index in [1.165, 1.54) is 11.1 Å². The Kier molecular flexibility index (Phi) is 2.14. The highest BCUT2D eigenvalue weighted by atomic mass is 79.9. The second kappa shape index (κ2) is 3.39. The number of fused-ring (bicyclic) bond motifs is 3. The first kappa shape index (κ1) is 9.48. The van der Waals surface area contributed by atoms with Crippen LogP contribution >= 0.6 is 31.9 Å². The molecule has 0 aliphatic heterocycles. The summed E-state index contributed by atoms with van der Waals surface area (Å²) >= 11 is 7.04. The summed E-state index contributed by atoms with van der Waals surface area (Å²) in [5.74, 6) is 0. The second-order valence-corrected chi connectivity index (χ2v) is 5.08. The average Bonchev–Trinajstić information content (AvgIpc) is 2.63. The molecule has 2 heterocycles. The lowest BCUT2D eigenvalue weighted by Crippen LogP contribution is -1.88. The number of rotatable bonds is 0. The molecular weight excluding hydrogens is 320 g/mol.